The van der Waals surface area contributed by atoms with Crippen molar-refractivity contribution in [2.75, 3.05) is 0 Å². The fourth-order valence-corrected chi connectivity index (χ4v) is 5.33. The highest BCUT2D eigenvalue weighted by atomic mass is 32.1. The number of para-hydroxylation sites is 1. The van der Waals surface area contributed by atoms with E-state index in [0.717, 1.165) is 30.8 Å². The van der Waals surface area contributed by atoms with Crippen LogP contribution in [0.5, 0.6) is 0 Å². The van der Waals surface area contributed by atoms with Crippen LogP contribution in [-0.4, -0.2) is 20.3 Å². The third kappa shape index (κ3) is 2.82. The molecule has 4 heterocycles. The second-order valence-corrected chi connectivity index (χ2v) is 8.65. The van der Waals surface area contributed by atoms with E-state index in [4.69, 9.17) is 0 Å². The number of rotatable bonds is 4. The Hall–Kier alpha value is -2.55. The van der Waals surface area contributed by atoms with Crippen molar-refractivity contribution in [3.63, 3.8) is 0 Å². The molecule has 0 unspecified atom stereocenters. The van der Waals surface area contributed by atoms with Gasteiger partial charge in [-0.1, -0.05) is 12.1 Å². The van der Waals surface area contributed by atoms with Crippen LogP contribution in [0.25, 0.3) is 25.1 Å². The molecular weight excluding hydrogens is 384 g/mol. The molecule has 5 nitrogen and oxygen atoms in total. The Labute approximate surface area is 160 Å². The van der Waals surface area contributed by atoms with Crippen LogP contribution < -0.4 is 5.32 Å². The van der Waals surface area contributed by atoms with Crippen LogP contribution in [0.4, 0.5) is 0 Å². The van der Waals surface area contributed by atoms with E-state index in [-0.39, 0.29) is 5.91 Å². The lowest BCUT2D eigenvalue weighted by Crippen LogP contribution is -2.21. The van der Waals surface area contributed by atoms with Crippen LogP contribution in [0.15, 0.2) is 54.2 Å². The van der Waals surface area contributed by atoms with Gasteiger partial charge in [0.15, 0.2) is 4.96 Å². The zero-order valence-corrected chi connectivity index (χ0v) is 15.8. The van der Waals surface area contributed by atoms with Crippen molar-refractivity contribution < 1.29 is 4.79 Å². The molecule has 0 radical (unpaired) electrons. The number of thiazole rings is 2. The number of nitrogens with one attached hydrogen (secondary N) is 1. The molecule has 1 amide bonds. The van der Waals surface area contributed by atoms with Crippen LogP contribution >= 0.6 is 34.0 Å². The molecular formula is C18H12N4OS3. The molecule has 128 valence electrons. The highest BCUT2D eigenvalue weighted by Crippen LogP contribution is 2.34. The van der Waals surface area contributed by atoms with E-state index in [9.17, 15) is 4.79 Å². The summed E-state index contributed by atoms with van der Waals surface area (Å²) in [6.45, 7) is 0.418. The average molecular weight is 397 g/mol. The molecule has 26 heavy (non-hydrogen) atoms. The number of hydrogen-bond acceptors (Lipinski definition) is 6. The Morgan fingerprint density at radius 1 is 1.12 bits per heavy atom. The van der Waals surface area contributed by atoms with Gasteiger partial charge in [0, 0.05) is 17.8 Å². The van der Waals surface area contributed by atoms with Gasteiger partial charge in [0.25, 0.3) is 5.91 Å². The van der Waals surface area contributed by atoms with Gasteiger partial charge in [-0.15, -0.1) is 34.0 Å². The van der Waals surface area contributed by atoms with Crippen molar-refractivity contribution >= 4 is 55.1 Å². The van der Waals surface area contributed by atoms with Gasteiger partial charge in [-0.25, -0.2) is 9.97 Å². The number of carbonyl (C=O) groups excluding carboxylic acids is 1. The molecule has 0 bridgehead atoms. The molecule has 0 aliphatic rings. The number of hydrogen-bond donors (Lipinski definition) is 1. The number of fused-ring (bicyclic) bond motifs is 2. The molecule has 1 aromatic carbocycles. The Morgan fingerprint density at radius 2 is 2.04 bits per heavy atom. The molecule has 0 aliphatic heterocycles. The van der Waals surface area contributed by atoms with Gasteiger partial charge < -0.3 is 5.32 Å². The highest BCUT2D eigenvalue weighted by molar-refractivity contribution is 7.26. The van der Waals surface area contributed by atoms with E-state index < -0.39 is 0 Å². The summed E-state index contributed by atoms with van der Waals surface area (Å²) < 4.78 is 3.12. The standard InChI is InChI=1S/C18H12N4OS3/c23-16(19-9-11-10-22-7-8-24-18(22)20-11)14-5-6-15(25-14)17-21-12-3-1-2-4-13(12)26-17/h1-8,10H,9H2,(H,19,23). The van der Waals surface area contributed by atoms with Gasteiger partial charge in [0.2, 0.25) is 0 Å². The van der Waals surface area contributed by atoms with Crippen LogP contribution in [-0.2, 0) is 6.54 Å². The first-order valence-corrected chi connectivity index (χ1v) is 10.4. The Kier molecular flexibility index (Phi) is 3.81. The number of carbonyl (C=O) groups is 1. The van der Waals surface area contributed by atoms with E-state index in [1.165, 1.54) is 11.3 Å². The Balaban J connectivity index is 1.32. The average Bonchev–Trinajstić information content (AvgIpc) is 3.41. The fraction of sp³-hybridized carbons (Fsp3) is 0.0556. The van der Waals surface area contributed by atoms with Gasteiger partial charge in [0.05, 0.1) is 32.2 Å². The summed E-state index contributed by atoms with van der Waals surface area (Å²) in [5.41, 5.74) is 1.85. The Bertz CT molecular complexity index is 1170. The highest BCUT2D eigenvalue weighted by Gasteiger charge is 2.13. The van der Waals surface area contributed by atoms with Crippen molar-refractivity contribution in [3.05, 3.63) is 64.7 Å². The number of amides is 1. The summed E-state index contributed by atoms with van der Waals surface area (Å²) in [4.78, 5) is 24.2. The molecule has 0 spiro atoms. The molecule has 0 atom stereocenters. The number of nitrogens with zero attached hydrogens (tertiary/aromatic N) is 3. The minimum Gasteiger partial charge on any atom is -0.346 e. The summed E-state index contributed by atoms with van der Waals surface area (Å²) in [6, 6.07) is 11.9. The molecule has 0 saturated carbocycles. The molecule has 0 saturated heterocycles. The normalized spacial score (nSPS) is 11.4. The molecule has 5 aromatic rings. The third-order valence-electron chi connectivity index (χ3n) is 3.91. The smallest absolute Gasteiger partial charge is 0.261 e. The summed E-state index contributed by atoms with van der Waals surface area (Å²) in [5.74, 6) is -0.0845. The van der Waals surface area contributed by atoms with Gasteiger partial charge in [-0.3, -0.25) is 9.20 Å². The molecule has 1 N–H and O–H groups in total. The van der Waals surface area contributed by atoms with E-state index >= 15 is 0 Å². The summed E-state index contributed by atoms with van der Waals surface area (Å²) in [7, 11) is 0. The maximum Gasteiger partial charge on any atom is 0.261 e. The molecule has 0 fully saturated rings. The van der Waals surface area contributed by atoms with Gasteiger partial charge in [-0.05, 0) is 24.3 Å². The van der Waals surface area contributed by atoms with Crippen LogP contribution in [0.1, 0.15) is 15.4 Å². The first kappa shape index (κ1) is 15.7. The monoisotopic (exact) mass is 396 g/mol. The minimum atomic E-state index is -0.0845. The van der Waals surface area contributed by atoms with Gasteiger partial charge >= 0.3 is 0 Å². The maximum atomic E-state index is 12.4. The Morgan fingerprint density at radius 3 is 2.92 bits per heavy atom. The van der Waals surface area contributed by atoms with Crippen molar-refractivity contribution in [2.24, 2.45) is 0 Å². The topological polar surface area (TPSA) is 59.3 Å². The van der Waals surface area contributed by atoms with Crippen molar-refractivity contribution in [1.82, 2.24) is 19.7 Å². The lowest BCUT2D eigenvalue weighted by molar-refractivity contribution is 0.0954. The predicted molar refractivity (Wildman–Crippen MR) is 107 cm³/mol. The number of aromatic nitrogens is 3. The summed E-state index contributed by atoms with van der Waals surface area (Å²) in [6.07, 6.45) is 3.90. The van der Waals surface area contributed by atoms with Crippen LogP contribution in [0.3, 0.4) is 0 Å². The van der Waals surface area contributed by atoms with Gasteiger partial charge in [0.1, 0.15) is 5.01 Å². The van der Waals surface area contributed by atoms with Crippen LogP contribution in [0.2, 0.25) is 0 Å². The van der Waals surface area contributed by atoms with Gasteiger partial charge in [-0.2, -0.15) is 0 Å². The SMILES string of the molecule is O=C(NCc1cn2ccsc2n1)c1ccc(-c2nc3ccccc3s2)s1. The second-order valence-electron chi connectivity index (χ2n) is 5.66. The largest absolute Gasteiger partial charge is 0.346 e. The zero-order chi connectivity index (χ0) is 17.5. The second kappa shape index (κ2) is 6.31. The molecule has 8 heteroatoms. The minimum absolute atomic E-state index is 0.0845. The first-order valence-electron chi connectivity index (χ1n) is 7.91. The predicted octanol–water partition coefficient (Wildman–Crippen LogP) is 4.66. The lowest BCUT2D eigenvalue weighted by atomic mass is 10.3. The quantitative estimate of drug-likeness (QED) is 0.480. The van der Waals surface area contributed by atoms with E-state index in [0.29, 0.717) is 11.4 Å². The summed E-state index contributed by atoms with van der Waals surface area (Å²) in [5, 5.41) is 5.88. The zero-order valence-electron chi connectivity index (χ0n) is 13.4. The molecule has 5 rings (SSSR count). The summed E-state index contributed by atoms with van der Waals surface area (Å²) >= 11 is 4.69. The maximum absolute atomic E-state index is 12.4. The molecule has 0 aliphatic carbocycles. The van der Waals surface area contributed by atoms with Crippen molar-refractivity contribution in [1.29, 1.82) is 0 Å². The van der Waals surface area contributed by atoms with Crippen molar-refractivity contribution in [3.8, 4) is 9.88 Å². The van der Waals surface area contributed by atoms with E-state index in [1.807, 2.05) is 52.5 Å². The third-order valence-corrected chi connectivity index (χ3v) is 6.97. The fourth-order valence-electron chi connectivity index (χ4n) is 2.67. The molecule has 4 aromatic heterocycles. The number of imidazole rings is 1. The van der Waals surface area contributed by atoms with E-state index in [1.54, 1.807) is 22.7 Å². The lowest BCUT2D eigenvalue weighted by Gasteiger charge is -2.00. The number of thiophene rings is 1. The number of benzene rings is 1. The van der Waals surface area contributed by atoms with Crippen LogP contribution in [0, 0.1) is 0 Å². The van der Waals surface area contributed by atoms with Crippen molar-refractivity contribution in [2.45, 2.75) is 6.54 Å². The first-order chi connectivity index (χ1) is 12.8. The van der Waals surface area contributed by atoms with E-state index in [2.05, 4.69) is 21.4 Å².